The number of carbonyl (C=O) groups excluding carboxylic acids is 1. The zero-order chi connectivity index (χ0) is 24.9. The van der Waals surface area contributed by atoms with E-state index in [-0.39, 0.29) is 5.91 Å². The first-order chi connectivity index (χ1) is 17.6. The van der Waals surface area contributed by atoms with Crippen molar-refractivity contribution < 1.29 is 4.79 Å². The fraction of sp³-hybridized carbons (Fsp3) is 0.143. The predicted molar refractivity (Wildman–Crippen MR) is 146 cm³/mol. The molecule has 1 amide bonds. The second-order valence-electron chi connectivity index (χ2n) is 8.42. The van der Waals surface area contributed by atoms with Crippen LogP contribution in [0.15, 0.2) is 89.4 Å². The number of aromatic nitrogens is 4. The molecule has 180 valence electrons. The summed E-state index contributed by atoms with van der Waals surface area (Å²) in [4.78, 5) is 17.2. The van der Waals surface area contributed by atoms with Crippen LogP contribution in [0.25, 0.3) is 5.69 Å². The van der Waals surface area contributed by atoms with Crippen molar-refractivity contribution in [2.45, 2.75) is 31.2 Å². The molecule has 0 unspecified atom stereocenters. The normalized spacial score (nSPS) is 10.9. The summed E-state index contributed by atoms with van der Waals surface area (Å²) in [5, 5.41) is 15.4. The molecule has 2 heterocycles. The number of anilines is 1. The molecule has 0 aliphatic rings. The molecule has 2 aromatic heterocycles. The molecule has 0 radical (unpaired) electrons. The summed E-state index contributed by atoms with van der Waals surface area (Å²) >= 11 is 3.05. The number of nitrogens with one attached hydrogen (secondary N) is 1. The van der Waals surface area contributed by atoms with Gasteiger partial charge in [-0.05, 0) is 43.2 Å². The molecule has 0 bridgehead atoms. The number of para-hydroxylation sites is 1. The third kappa shape index (κ3) is 5.56. The summed E-state index contributed by atoms with van der Waals surface area (Å²) in [6.07, 6.45) is 0.684. The standard InChI is InChI=1S/C28H25N5OS2/c1-19-12-14-22(15-13-19)29-27(34)23-17-35-26(30-23)18-36-28-32-31-25(16-21-9-4-3-5-10-21)33(28)24-11-7-6-8-20(24)2/h3-15,17H,16,18H2,1-2H3,(H,29,34). The van der Waals surface area contributed by atoms with Gasteiger partial charge >= 0.3 is 0 Å². The van der Waals surface area contributed by atoms with Gasteiger partial charge in [0.05, 0.1) is 11.4 Å². The molecule has 5 rings (SSSR count). The average Bonchev–Trinajstić information content (AvgIpc) is 3.52. The number of rotatable bonds is 8. The molecular weight excluding hydrogens is 486 g/mol. The Labute approximate surface area is 218 Å². The van der Waals surface area contributed by atoms with Crippen LogP contribution in [-0.4, -0.2) is 25.7 Å². The van der Waals surface area contributed by atoms with Crippen LogP contribution in [0.3, 0.4) is 0 Å². The largest absolute Gasteiger partial charge is 0.321 e. The lowest BCUT2D eigenvalue weighted by Crippen LogP contribution is -2.12. The van der Waals surface area contributed by atoms with Gasteiger partial charge in [-0.25, -0.2) is 4.98 Å². The van der Waals surface area contributed by atoms with E-state index < -0.39 is 0 Å². The molecule has 0 aliphatic heterocycles. The van der Waals surface area contributed by atoms with E-state index in [1.165, 1.54) is 16.9 Å². The highest BCUT2D eigenvalue weighted by molar-refractivity contribution is 7.98. The van der Waals surface area contributed by atoms with Crippen molar-refractivity contribution in [2.75, 3.05) is 5.32 Å². The Kier molecular flexibility index (Phi) is 7.25. The van der Waals surface area contributed by atoms with Crippen molar-refractivity contribution in [2.24, 2.45) is 0 Å². The highest BCUT2D eigenvalue weighted by Crippen LogP contribution is 2.29. The van der Waals surface area contributed by atoms with Crippen LogP contribution in [0.2, 0.25) is 0 Å². The van der Waals surface area contributed by atoms with Gasteiger partial charge in [-0.1, -0.05) is 78.0 Å². The first-order valence-electron chi connectivity index (χ1n) is 11.6. The van der Waals surface area contributed by atoms with Gasteiger partial charge in [-0.15, -0.1) is 21.5 Å². The van der Waals surface area contributed by atoms with E-state index >= 15 is 0 Å². The van der Waals surface area contributed by atoms with Gasteiger partial charge in [0, 0.05) is 17.5 Å². The van der Waals surface area contributed by atoms with Crippen molar-refractivity contribution in [1.82, 2.24) is 19.7 Å². The number of aryl methyl sites for hydroxylation is 2. The van der Waals surface area contributed by atoms with Gasteiger partial charge in [0.25, 0.3) is 5.91 Å². The van der Waals surface area contributed by atoms with Gasteiger partial charge in [0.2, 0.25) is 0 Å². The lowest BCUT2D eigenvalue weighted by Gasteiger charge is -2.12. The van der Waals surface area contributed by atoms with E-state index in [0.29, 0.717) is 17.9 Å². The molecule has 3 aromatic carbocycles. The molecule has 0 aliphatic carbocycles. The summed E-state index contributed by atoms with van der Waals surface area (Å²) in [5.41, 5.74) is 5.71. The summed E-state index contributed by atoms with van der Waals surface area (Å²) in [5.74, 6) is 1.27. The minimum absolute atomic E-state index is 0.209. The van der Waals surface area contributed by atoms with Crippen LogP contribution in [-0.2, 0) is 12.2 Å². The van der Waals surface area contributed by atoms with Crippen molar-refractivity contribution >= 4 is 34.7 Å². The maximum Gasteiger partial charge on any atom is 0.275 e. The van der Waals surface area contributed by atoms with Crippen molar-refractivity contribution in [3.63, 3.8) is 0 Å². The Morgan fingerprint density at radius 2 is 1.69 bits per heavy atom. The highest BCUT2D eigenvalue weighted by Gasteiger charge is 2.18. The summed E-state index contributed by atoms with van der Waals surface area (Å²) in [6, 6.07) is 26.3. The van der Waals surface area contributed by atoms with Gasteiger partial charge < -0.3 is 5.32 Å². The Morgan fingerprint density at radius 1 is 0.944 bits per heavy atom. The lowest BCUT2D eigenvalue weighted by atomic mass is 10.1. The fourth-order valence-electron chi connectivity index (χ4n) is 3.78. The average molecular weight is 512 g/mol. The fourth-order valence-corrected chi connectivity index (χ4v) is 5.54. The van der Waals surface area contributed by atoms with E-state index in [9.17, 15) is 4.79 Å². The summed E-state index contributed by atoms with van der Waals surface area (Å²) < 4.78 is 2.13. The van der Waals surface area contributed by atoms with E-state index in [0.717, 1.165) is 38.5 Å². The van der Waals surface area contributed by atoms with Crippen LogP contribution in [0.5, 0.6) is 0 Å². The maximum absolute atomic E-state index is 12.6. The van der Waals surface area contributed by atoms with Gasteiger partial charge in [-0.2, -0.15) is 0 Å². The number of thioether (sulfide) groups is 1. The van der Waals surface area contributed by atoms with Crippen molar-refractivity contribution in [3.8, 4) is 5.69 Å². The number of carbonyl (C=O) groups is 1. The zero-order valence-corrected chi connectivity index (χ0v) is 21.6. The number of nitrogens with zero attached hydrogens (tertiary/aromatic N) is 4. The topological polar surface area (TPSA) is 72.7 Å². The lowest BCUT2D eigenvalue weighted by molar-refractivity contribution is 0.102. The highest BCUT2D eigenvalue weighted by atomic mass is 32.2. The van der Waals surface area contributed by atoms with Crippen LogP contribution in [0.4, 0.5) is 5.69 Å². The SMILES string of the molecule is Cc1ccc(NC(=O)c2csc(CSc3nnc(Cc4ccccc4)n3-c3ccccc3C)n2)cc1. The minimum Gasteiger partial charge on any atom is -0.321 e. The molecule has 0 spiro atoms. The molecule has 0 saturated carbocycles. The van der Waals surface area contributed by atoms with E-state index in [1.807, 2.05) is 61.5 Å². The molecule has 36 heavy (non-hydrogen) atoms. The Balaban J connectivity index is 1.34. The molecule has 0 atom stereocenters. The second-order valence-corrected chi connectivity index (χ2v) is 10.3. The Bertz CT molecular complexity index is 1480. The minimum atomic E-state index is -0.209. The molecule has 8 heteroatoms. The molecule has 6 nitrogen and oxygen atoms in total. The quantitative estimate of drug-likeness (QED) is 0.242. The van der Waals surface area contributed by atoms with Crippen LogP contribution >= 0.6 is 23.1 Å². The number of thiazole rings is 1. The number of hydrogen-bond acceptors (Lipinski definition) is 6. The first kappa shape index (κ1) is 24.0. The number of amides is 1. The van der Waals surface area contributed by atoms with Crippen molar-refractivity contribution in [3.05, 3.63) is 117 Å². The van der Waals surface area contributed by atoms with Gasteiger partial charge in [0.15, 0.2) is 5.16 Å². The molecule has 5 aromatic rings. The molecule has 0 saturated heterocycles. The Morgan fingerprint density at radius 3 is 2.47 bits per heavy atom. The smallest absolute Gasteiger partial charge is 0.275 e. The number of hydrogen-bond donors (Lipinski definition) is 1. The van der Waals surface area contributed by atoms with Crippen molar-refractivity contribution in [1.29, 1.82) is 0 Å². The molecule has 0 fully saturated rings. The monoisotopic (exact) mass is 511 g/mol. The Hall–Kier alpha value is -3.75. The van der Waals surface area contributed by atoms with E-state index in [1.54, 1.807) is 17.1 Å². The summed E-state index contributed by atoms with van der Waals surface area (Å²) in [6.45, 7) is 4.11. The van der Waals surface area contributed by atoms with Crippen LogP contribution in [0, 0.1) is 13.8 Å². The first-order valence-corrected chi connectivity index (χ1v) is 13.4. The number of benzene rings is 3. The van der Waals surface area contributed by atoms with Crippen LogP contribution in [0.1, 0.15) is 38.0 Å². The second kappa shape index (κ2) is 10.9. The van der Waals surface area contributed by atoms with Crippen LogP contribution < -0.4 is 5.32 Å². The molecular formula is C28H25N5OS2. The van der Waals surface area contributed by atoms with Gasteiger partial charge in [-0.3, -0.25) is 9.36 Å². The summed E-state index contributed by atoms with van der Waals surface area (Å²) in [7, 11) is 0. The maximum atomic E-state index is 12.6. The molecule has 1 N–H and O–H groups in total. The van der Waals surface area contributed by atoms with E-state index in [4.69, 9.17) is 0 Å². The van der Waals surface area contributed by atoms with E-state index in [2.05, 4.69) is 56.3 Å². The zero-order valence-electron chi connectivity index (χ0n) is 20.0. The third-order valence-electron chi connectivity index (χ3n) is 5.68. The predicted octanol–water partition coefficient (Wildman–Crippen LogP) is 6.48. The third-order valence-corrected chi connectivity index (χ3v) is 7.65. The van der Waals surface area contributed by atoms with Gasteiger partial charge in [0.1, 0.15) is 16.5 Å².